The number of carbonyl (C=O) groups excluding carboxylic acids is 1. The van der Waals surface area contributed by atoms with Crippen LogP contribution in [-0.2, 0) is 20.7 Å². The van der Waals surface area contributed by atoms with Crippen molar-refractivity contribution in [1.29, 1.82) is 0 Å². The SMILES string of the molecule is CCCO[C@@H]1[C@@H](Cc2ccc(OC)cc2)CCC[C@H](N)C(=O)O[C@H]1C. The molecule has 0 aromatic heterocycles. The maximum atomic E-state index is 12.1. The predicted octanol–water partition coefficient (Wildman–Crippen LogP) is 3.09. The average Bonchev–Trinajstić information content (AvgIpc) is 2.65. The molecule has 2 N–H and O–H groups in total. The summed E-state index contributed by atoms with van der Waals surface area (Å²) >= 11 is 0. The van der Waals surface area contributed by atoms with Gasteiger partial charge in [0, 0.05) is 6.61 Å². The summed E-state index contributed by atoms with van der Waals surface area (Å²) in [6, 6.07) is 7.60. The molecular formula is C20H31NO4. The van der Waals surface area contributed by atoms with E-state index in [2.05, 4.69) is 19.1 Å². The molecule has 140 valence electrons. The molecule has 1 aromatic rings. The van der Waals surface area contributed by atoms with Crippen molar-refractivity contribution in [1.82, 2.24) is 0 Å². The van der Waals surface area contributed by atoms with Crippen LogP contribution in [-0.4, -0.2) is 37.9 Å². The lowest BCUT2D eigenvalue weighted by atomic mass is 9.87. The number of hydrogen-bond donors (Lipinski definition) is 1. The Kier molecular flexibility index (Phi) is 7.72. The van der Waals surface area contributed by atoms with Crippen molar-refractivity contribution in [3.05, 3.63) is 29.8 Å². The van der Waals surface area contributed by atoms with Crippen molar-refractivity contribution in [2.75, 3.05) is 13.7 Å². The molecular weight excluding hydrogens is 318 g/mol. The van der Waals surface area contributed by atoms with Crippen LogP contribution >= 0.6 is 0 Å². The van der Waals surface area contributed by atoms with Crippen LogP contribution in [0.15, 0.2) is 24.3 Å². The highest BCUT2D eigenvalue weighted by Crippen LogP contribution is 2.27. The van der Waals surface area contributed by atoms with E-state index in [-0.39, 0.29) is 24.1 Å². The summed E-state index contributed by atoms with van der Waals surface area (Å²) in [6.45, 7) is 4.66. The zero-order valence-corrected chi connectivity index (χ0v) is 15.6. The minimum atomic E-state index is -0.533. The quantitative estimate of drug-likeness (QED) is 0.799. The first-order chi connectivity index (χ1) is 12.0. The molecule has 0 amide bonds. The molecule has 1 fully saturated rings. The number of carbonyl (C=O) groups is 1. The third-order valence-corrected chi connectivity index (χ3v) is 4.79. The molecule has 1 aliphatic heterocycles. The summed E-state index contributed by atoms with van der Waals surface area (Å²) in [5, 5.41) is 0. The summed E-state index contributed by atoms with van der Waals surface area (Å²) in [6.07, 6.45) is 3.93. The van der Waals surface area contributed by atoms with Crippen LogP contribution in [0.3, 0.4) is 0 Å². The minimum Gasteiger partial charge on any atom is -0.497 e. The lowest BCUT2D eigenvalue weighted by Gasteiger charge is -2.31. The fourth-order valence-electron chi connectivity index (χ4n) is 3.41. The first kappa shape index (κ1) is 19.7. The van der Waals surface area contributed by atoms with Gasteiger partial charge in [0.2, 0.25) is 0 Å². The van der Waals surface area contributed by atoms with Gasteiger partial charge in [-0.25, -0.2) is 0 Å². The number of rotatable bonds is 6. The van der Waals surface area contributed by atoms with Crippen LogP contribution in [0.1, 0.15) is 45.1 Å². The van der Waals surface area contributed by atoms with Crippen LogP contribution in [0.2, 0.25) is 0 Å². The molecule has 1 aliphatic rings. The van der Waals surface area contributed by atoms with Crippen LogP contribution < -0.4 is 10.5 Å². The normalized spacial score (nSPS) is 27.8. The Bertz CT molecular complexity index is 531. The van der Waals surface area contributed by atoms with Gasteiger partial charge in [-0.2, -0.15) is 0 Å². The smallest absolute Gasteiger partial charge is 0.323 e. The summed E-state index contributed by atoms with van der Waals surface area (Å²) in [5.41, 5.74) is 7.16. The van der Waals surface area contributed by atoms with Crippen LogP contribution in [0.25, 0.3) is 0 Å². The first-order valence-electron chi connectivity index (χ1n) is 9.25. The number of methoxy groups -OCH3 is 1. The number of nitrogens with two attached hydrogens (primary N) is 1. The maximum Gasteiger partial charge on any atom is 0.323 e. The minimum absolute atomic E-state index is 0.115. The Balaban J connectivity index is 2.16. The van der Waals surface area contributed by atoms with Crippen LogP contribution in [0.5, 0.6) is 5.75 Å². The molecule has 1 aromatic carbocycles. The van der Waals surface area contributed by atoms with Crippen LogP contribution in [0, 0.1) is 5.92 Å². The van der Waals surface area contributed by atoms with Gasteiger partial charge in [-0.3, -0.25) is 4.79 Å². The molecule has 25 heavy (non-hydrogen) atoms. The Labute approximate surface area is 150 Å². The number of cyclic esters (lactones) is 1. The summed E-state index contributed by atoms with van der Waals surface area (Å²) in [5.74, 6) is 0.820. The highest BCUT2D eigenvalue weighted by Gasteiger charge is 2.33. The van der Waals surface area contributed by atoms with Gasteiger partial charge in [0.05, 0.1) is 13.2 Å². The van der Waals surface area contributed by atoms with Crippen molar-refractivity contribution in [2.45, 2.75) is 64.2 Å². The summed E-state index contributed by atoms with van der Waals surface area (Å²) in [4.78, 5) is 12.1. The van der Waals surface area contributed by atoms with E-state index in [4.69, 9.17) is 19.9 Å². The molecule has 5 heteroatoms. The Hall–Kier alpha value is -1.59. The highest BCUT2D eigenvalue weighted by molar-refractivity contribution is 5.75. The molecule has 5 nitrogen and oxygen atoms in total. The van der Waals surface area contributed by atoms with E-state index in [1.165, 1.54) is 5.56 Å². The molecule has 0 bridgehead atoms. The molecule has 4 atom stereocenters. The molecule has 0 radical (unpaired) electrons. The zero-order chi connectivity index (χ0) is 18.2. The molecule has 0 spiro atoms. The fraction of sp³-hybridized carbons (Fsp3) is 0.650. The molecule has 0 saturated carbocycles. The second-order valence-corrected chi connectivity index (χ2v) is 6.83. The van der Waals surface area contributed by atoms with E-state index in [1.54, 1.807) is 7.11 Å². The number of esters is 1. The van der Waals surface area contributed by atoms with E-state index < -0.39 is 6.04 Å². The van der Waals surface area contributed by atoms with Crippen molar-refractivity contribution in [2.24, 2.45) is 11.7 Å². The van der Waals surface area contributed by atoms with E-state index in [9.17, 15) is 4.79 Å². The summed E-state index contributed by atoms with van der Waals surface area (Å²) < 4.78 is 16.9. The van der Waals surface area contributed by atoms with Crippen molar-refractivity contribution < 1.29 is 19.0 Å². The van der Waals surface area contributed by atoms with E-state index >= 15 is 0 Å². The number of hydrogen-bond acceptors (Lipinski definition) is 5. The van der Waals surface area contributed by atoms with E-state index in [0.29, 0.717) is 13.0 Å². The Morgan fingerprint density at radius 2 is 1.96 bits per heavy atom. The number of benzene rings is 1. The van der Waals surface area contributed by atoms with Crippen molar-refractivity contribution in [3.63, 3.8) is 0 Å². The largest absolute Gasteiger partial charge is 0.497 e. The monoisotopic (exact) mass is 349 g/mol. The third-order valence-electron chi connectivity index (χ3n) is 4.79. The van der Waals surface area contributed by atoms with E-state index in [1.807, 2.05) is 19.1 Å². The first-order valence-corrected chi connectivity index (χ1v) is 9.25. The maximum absolute atomic E-state index is 12.1. The average molecular weight is 349 g/mol. The summed E-state index contributed by atoms with van der Waals surface area (Å²) in [7, 11) is 1.67. The van der Waals surface area contributed by atoms with Gasteiger partial charge >= 0.3 is 5.97 Å². The second-order valence-electron chi connectivity index (χ2n) is 6.83. The molecule has 1 heterocycles. The second kappa shape index (κ2) is 9.78. The topological polar surface area (TPSA) is 70.8 Å². The van der Waals surface area contributed by atoms with E-state index in [0.717, 1.165) is 31.4 Å². The van der Waals surface area contributed by atoms with Gasteiger partial charge in [-0.05, 0) is 56.2 Å². The standard InChI is InChI=1S/C20H31NO4/c1-4-12-24-19-14(2)25-20(22)18(21)7-5-6-16(19)13-15-8-10-17(23-3)11-9-15/h8-11,14,16,18-19H,4-7,12-13,21H2,1-3H3/t14-,16+,18-,19-/m0/s1. The van der Waals surface area contributed by atoms with Gasteiger partial charge in [0.1, 0.15) is 17.9 Å². The fourth-order valence-corrected chi connectivity index (χ4v) is 3.41. The van der Waals surface area contributed by atoms with Gasteiger partial charge in [0.15, 0.2) is 0 Å². The molecule has 1 saturated heterocycles. The predicted molar refractivity (Wildman–Crippen MR) is 97.6 cm³/mol. The number of ether oxygens (including phenoxy) is 3. The van der Waals surface area contributed by atoms with Gasteiger partial charge in [0.25, 0.3) is 0 Å². The van der Waals surface area contributed by atoms with Gasteiger partial charge in [-0.15, -0.1) is 0 Å². The molecule has 0 aliphatic carbocycles. The van der Waals surface area contributed by atoms with Crippen LogP contribution in [0.4, 0.5) is 0 Å². The molecule has 0 unspecified atom stereocenters. The zero-order valence-electron chi connectivity index (χ0n) is 15.6. The van der Waals surface area contributed by atoms with Gasteiger partial charge < -0.3 is 19.9 Å². The Morgan fingerprint density at radius 3 is 2.60 bits per heavy atom. The third kappa shape index (κ3) is 5.72. The highest BCUT2D eigenvalue weighted by atomic mass is 16.6. The van der Waals surface area contributed by atoms with Crippen molar-refractivity contribution >= 4 is 5.97 Å². The lowest BCUT2D eigenvalue weighted by molar-refractivity contribution is -0.160. The van der Waals surface area contributed by atoms with Crippen molar-refractivity contribution in [3.8, 4) is 5.75 Å². The Morgan fingerprint density at radius 1 is 1.24 bits per heavy atom. The van der Waals surface area contributed by atoms with Gasteiger partial charge in [-0.1, -0.05) is 25.5 Å². The lowest BCUT2D eigenvalue weighted by Crippen LogP contribution is -2.40. The molecule has 2 rings (SSSR count).